The molecule has 2 aromatic carbocycles. The second kappa shape index (κ2) is 8.44. The molecule has 0 saturated carbocycles. The summed E-state index contributed by atoms with van der Waals surface area (Å²) in [5.74, 6) is 0.637. The molecule has 6 nitrogen and oxygen atoms in total. The Kier molecular flexibility index (Phi) is 5.72. The molecule has 0 fully saturated rings. The van der Waals surface area contributed by atoms with E-state index in [2.05, 4.69) is 17.2 Å². The van der Waals surface area contributed by atoms with Gasteiger partial charge in [0.1, 0.15) is 11.9 Å². The van der Waals surface area contributed by atoms with Gasteiger partial charge in [0.05, 0.1) is 11.4 Å². The number of benzene rings is 2. The number of amidine groups is 2. The van der Waals surface area contributed by atoms with Crippen molar-refractivity contribution in [3.8, 4) is 0 Å². The summed E-state index contributed by atoms with van der Waals surface area (Å²) in [4.78, 5) is 36.4. The van der Waals surface area contributed by atoms with Gasteiger partial charge in [0, 0.05) is 11.3 Å². The summed E-state index contributed by atoms with van der Waals surface area (Å²) in [7, 11) is 0. The van der Waals surface area contributed by atoms with Crippen LogP contribution in [0.15, 0.2) is 58.5 Å². The maximum Gasteiger partial charge on any atom is 0.259 e. The molecule has 0 aromatic heterocycles. The lowest BCUT2D eigenvalue weighted by molar-refractivity contribution is -0.125. The molecule has 1 N–H and O–H groups in total. The normalized spacial score (nSPS) is 17.4. The molecule has 0 unspecified atom stereocenters. The maximum absolute atomic E-state index is 13.0. The predicted molar refractivity (Wildman–Crippen MR) is 122 cm³/mol. The zero-order valence-corrected chi connectivity index (χ0v) is 18.1. The van der Waals surface area contributed by atoms with Gasteiger partial charge in [0.25, 0.3) is 5.91 Å². The Bertz CT molecular complexity index is 1040. The van der Waals surface area contributed by atoms with E-state index in [1.54, 1.807) is 4.90 Å². The third kappa shape index (κ3) is 3.89. The zero-order chi connectivity index (χ0) is 21.3. The number of thioether (sulfide) groups is 1. The Labute approximate surface area is 180 Å². The maximum atomic E-state index is 13.0. The number of rotatable bonds is 5. The molecule has 2 aliphatic rings. The number of carbonyl (C=O) groups is 2. The first kappa shape index (κ1) is 20.3. The number of nitrogens with zero attached hydrogens (tertiary/aromatic N) is 3. The highest BCUT2D eigenvalue weighted by Gasteiger charge is 2.42. The monoisotopic (exact) mass is 420 g/mol. The Morgan fingerprint density at radius 1 is 1.17 bits per heavy atom. The molecule has 2 amide bonds. The number of hydrogen-bond donors (Lipinski definition) is 1. The fourth-order valence-electron chi connectivity index (χ4n) is 3.45. The summed E-state index contributed by atoms with van der Waals surface area (Å²) in [6, 6.07) is 15.0. The minimum Gasteiger partial charge on any atom is -0.325 e. The number of amides is 2. The Balaban J connectivity index is 1.52. The van der Waals surface area contributed by atoms with Crippen LogP contribution < -0.4 is 5.32 Å². The number of aryl methyl sites for hydroxylation is 1. The molecule has 2 aliphatic heterocycles. The average molecular weight is 421 g/mol. The lowest BCUT2D eigenvalue weighted by atomic mass is 10.1. The Morgan fingerprint density at radius 2 is 1.90 bits per heavy atom. The van der Waals surface area contributed by atoms with E-state index in [9.17, 15) is 9.59 Å². The molecule has 1 atom stereocenters. The van der Waals surface area contributed by atoms with Crippen molar-refractivity contribution in [2.45, 2.75) is 33.2 Å². The molecule has 0 aliphatic carbocycles. The first-order valence-corrected chi connectivity index (χ1v) is 11.1. The van der Waals surface area contributed by atoms with Crippen molar-refractivity contribution in [2.24, 2.45) is 15.9 Å². The number of carbonyl (C=O) groups excluding carboxylic acids is 2. The highest BCUT2D eigenvalue weighted by Crippen LogP contribution is 2.34. The molecular formula is C23H24N4O2S. The molecule has 2 aromatic rings. The fraction of sp³-hybridized carbons (Fsp3) is 0.304. The van der Waals surface area contributed by atoms with Crippen molar-refractivity contribution in [1.82, 2.24) is 4.90 Å². The van der Waals surface area contributed by atoms with Crippen molar-refractivity contribution in [3.05, 3.63) is 59.7 Å². The summed E-state index contributed by atoms with van der Waals surface area (Å²) in [6.07, 6.45) is 0.955. The summed E-state index contributed by atoms with van der Waals surface area (Å²) in [6.45, 7) is 6.06. The first-order chi connectivity index (χ1) is 14.5. The number of hydrogen-bond acceptors (Lipinski definition) is 5. The molecule has 0 saturated heterocycles. The lowest BCUT2D eigenvalue weighted by Gasteiger charge is -2.25. The highest BCUT2D eigenvalue weighted by molar-refractivity contribution is 8.14. The van der Waals surface area contributed by atoms with Crippen molar-refractivity contribution in [3.63, 3.8) is 0 Å². The second-order valence-corrected chi connectivity index (χ2v) is 8.56. The van der Waals surface area contributed by atoms with Gasteiger partial charge in [-0.05, 0) is 42.2 Å². The van der Waals surface area contributed by atoms with Crippen molar-refractivity contribution in [1.29, 1.82) is 0 Å². The van der Waals surface area contributed by atoms with Crippen LogP contribution in [0.4, 0.5) is 11.4 Å². The standard InChI is InChI=1S/C23H24N4O2S/c1-4-15-9-11-16(12-10-15)24-19(28)13-30-23-25-18-8-6-5-7-17(18)21-26-20(14(2)3)22(29)27(21)23/h5-12,14,20H,4,13H2,1-3H3,(H,24,28)/t20-/m0/s1. The van der Waals surface area contributed by atoms with Crippen LogP contribution in [0.1, 0.15) is 31.9 Å². The number of para-hydroxylation sites is 1. The van der Waals surface area contributed by atoms with Gasteiger partial charge in [-0.1, -0.05) is 56.8 Å². The van der Waals surface area contributed by atoms with Crippen LogP contribution in [-0.2, 0) is 16.0 Å². The van der Waals surface area contributed by atoms with Crippen LogP contribution in [0, 0.1) is 5.92 Å². The van der Waals surface area contributed by atoms with Crippen LogP contribution in [0.2, 0.25) is 0 Å². The zero-order valence-electron chi connectivity index (χ0n) is 17.3. The second-order valence-electron chi connectivity index (χ2n) is 7.61. The van der Waals surface area contributed by atoms with Gasteiger partial charge in [-0.3, -0.25) is 14.6 Å². The van der Waals surface area contributed by atoms with E-state index < -0.39 is 6.04 Å². The topological polar surface area (TPSA) is 74.1 Å². The van der Waals surface area contributed by atoms with Gasteiger partial charge in [0.2, 0.25) is 5.91 Å². The molecule has 0 radical (unpaired) electrons. The molecular weight excluding hydrogens is 396 g/mol. The molecule has 0 bridgehead atoms. The van der Waals surface area contributed by atoms with Gasteiger partial charge in [0.15, 0.2) is 5.17 Å². The van der Waals surface area contributed by atoms with E-state index in [4.69, 9.17) is 4.99 Å². The first-order valence-electron chi connectivity index (χ1n) is 10.1. The largest absolute Gasteiger partial charge is 0.325 e. The van der Waals surface area contributed by atoms with E-state index in [1.807, 2.05) is 62.4 Å². The fourth-order valence-corrected chi connectivity index (χ4v) is 4.25. The SMILES string of the molecule is CCc1ccc(NC(=O)CSC2=Nc3ccccc3C3=N[C@@H](C(C)C)C(=O)N23)cc1. The third-order valence-electron chi connectivity index (χ3n) is 5.11. The van der Waals surface area contributed by atoms with Gasteiger partial charge in [-0.25, -0.2) is 9.89 Å². The third-order valence-corrected chi connectivity index (χ3v) is 6.05. The molecule has 0 spiro atoms. The van der Waals surface area contributed by atoms with Crippen molar-refractivity contribution in [2.75, 3.05) is 11.1 Å². The van der Waals surface area contributed by atoms with Crippen LogP contribution in [0.5, 0.6) is 0 Å². The van der Waals surface area contributed by atoms with E-state index >= 15 is 0 Å². The van der Waals surface area contributed by atoms with E-state index in [-0.39, 0.29) is 23.5 Å². The Morgan fingerprint density at radius 3 is 2.60 bits per heavy atom. The van der Waals surface area contributed by atoms with E-state index in [0.717, 1.165) is 23.4 Å². The van der Waals surface area contributed by atoms with Crippen LogP contribution in [-0.4, -0.2) is 39.5 Å². The lowest BCUT2D eigenvalue weighted by Crippen LogP contribution is -2.42. The molecule has 2 heterocycles. The van der Waals surface area contributed by atoms with Crippen molar-refractivity contribution < 1.29 is 9.59 Å². The summed E-state index contributed by atoms with van der Waals surface area (Å²) in [5.41, 5.74) is 3.59. The van der Waals surface area contributed by atoms with Crippen molar-refractivity contribution >= 4 is 46.0 Å². The Hall–Kier alpha value is -2.93. The highest BCUT2D eigenvalue weighted by atomic mass is 32.2. The van der Waals surface area contributed by atoms with Crippen LogP contribution in [0.25, 0.3) is 0 Å². The minimum atomic E-state index is -0.428. The van der Waals surface area contributed by atoms with Gasteiger partial charge in [-0.2, -0.15) is 0 Å². The average Bonchev–Trinajstić information content (AvgIpc) is 3.11. The summed E-state index contributed by atoms with van der Waals surface area (Å²) < 4.78 is 0. The van der Waals surface area contributed by atoms with Crippen LogP contribution in [0.3, 0.4) is 0 Å². The van der Waals surface area contributed by atoms with E-state index in [0.29, 0.717) is 11.0 Å². The van der Waals surface area contributed by atoms with Gasteiger partial charge in [-0.15, -0.1) is 0 Å². The smallest absolute Gasteiger partial charge is 0.259 e. The van der Waals surface area contributed by atoms with Crippen LogP contribution >= 0.6 is 11.8 Å². The molecule has 154 valence electrons. The number of anilines is 1. The predicted octanol–water partition coefficient (Wildman–Crippen LogP) is 4.24. The summed E-state index contributed by atoms with van der Waals surface area (Å²) in [5, 5.41) is 3.40. The number of aliphatic imine (C=N–C) groups is 2. The minimum absolute atomic E-state index is 0.0865. The summed E-state index contributed by atoms with van der Waals surface area (Å²) >= 11 is 1.25. The quantitative estimate of drug-likeness (QED) is 0.786. The number of nitrogens with one attached hydrogen (secondary N) is 1. The molecule has 30 heavy (non-hydrogen) atoms. The molecule has 7 heteroatoms. The van der Waals surface area contributed by atoms with Gasteiger partial charge >= 0.3 is 0 Å². The van der Waals surface area contributed by atoms with E-state index in [1.165, 1.54) is 17.3 Å². The number of fused-ring (bicyclic) bond motifs is 3. The van der Waals surface area contributed by atoms with Gasteiger partial charge < -0.3 is 5.32 Å². The molecule has 4 rings (SSSR count).